The van der Waals surface area contributed by atoms with Crippen molar-refractivity contribution in [1.82, 2.24) is 5.32 Å². The molecule has 1 aromatic carbocycles. The second-order valence-corrected chi connectivity index (χ2v) is 6.36. The Hall–Kier alpha value is -1.92. The van der Waals surface area contributed by atoms with Crippen molar-refractivity contribution >= 4 is 23.2 Å². The molecule has 2 amide bonds. The van der Waals surface area contributed by atoms with E-state index in [1.54, 1.807) is 31.4 Å². The molecule has 23 heavy (non-hydrogen) atoms. The molecule has 0 aliphatic rings. The van der Waals surface area contributed by atoms with Crippen molar-refractivity contribution < 1.29 is 14.3 Å². The van der Waals surface area contributed by atoms with Crippen molar-refractivity contribution in [2.45, 2.75) is 27.2 Å². The number of carbonyl (C=O) groups is 2. The average Bonchev–Trinajstić information content (AvgIpc) is 2.46. The van der Waals surface area contributed by atoms with Gasteiger partial charge < -0.3 is 20.7 Å². The Morgan fingerprint density at radius 3 is 2.39 bits per heavy atom. The van der Waals surface area contributed by atoms with Crippen LogP contribution in [-0.4, -0.2) is 38.6 Å². The largest absolute Gasteiger partial charge is 0.385 e. The summed E-state index contributed by atoms with van der Waals surface area (Å²) in [5, 5.41) is 8.69. The highest BCUT2D eigenvalue weighted by molar-refractivity contribution is 5.96. The lowest BCUT2D eigenvalue weighted by molar-refractivity contribution is -0.123. The number of benzene rings is 1. The van der Waals surface area contributed by atoms with E-state index in [1.807, 2.05) is 20.8 Å². The number of carbonyl (C=O) groups excluding carboxylic acids is 2. The zero-order valence-corrected chi connectivity index (χ0v) is 14.4. The number of anilines is 2. The molecule has 0 atom stereocenters. The van der Waals surface area contributed by atoms with E-state index in [4.69, 9.17) is 4.74 Å². The van der Waals surface area contributed by atoms with Gasteiger partial charge >= 0.3 is 0 Å². The van der Waals surface area contributed by atoms with E-state index in [9.17, 15) is 9.59 Å². The number of amides is 2. The van der Waals surface area contributed by atoms with Crippen molar-refractivity contribution in [3.63, 3.8) is 0 Å². The summed E-state index contributed by atoms with van der Waals surface area (Å²) in [5.74, 6) is -0.192. The van der Waals surface area contributed by atoms with Gasteiger partial charge in [0.15, 0.2) is 0 Å². The quantitative estimate of drug-likeness (QED) is 0.642. The third kappa shape index (κ3) is 7.76. The first-order chi connectivity index (χ1) is 10.8. The minimum Gasteiger partial charge on any atom is -0.385 e. The van der Waals surface area contributed by atoms with Crippen LogP contribution >= 0.6 is 0 Å². The van der Waals surface area contributed by atoms with Gasteiger partial charge in [-0.05, 0) is 31.2 Å². The summed E-state index contributed by atoms with van der Waals surface area (Å²) < 4.78 is 4.94. The third-order valence-corrected chi connectivity index (χ3v) is 3.07. The molecule has 0 heterocycles. The molecule has 1 aromatic rings. The lowest BCUT2D eigenvalue weighted by Gasteiger charge is -2.18. The zero-order valence-electron chi connectivity index (χ0n) is 14.4. The van der Waals surface area contributed by atoms with Gasteiger partial charge in [0.25, 0.3) is 0 Å². The molecule has 0 saturated carbocycles. The Balaban J connectivity index is 2.47. The van der Waals surface area contributed by atoms with Crippen LogP contribution < -0.4 is 16.0 Å². The summed E-state index contributed by atoms with van der Waals surface area (Å²) >= 11 is 0. The fourth-order valence-electron chi connectivity index (χ4n) is 1.74. The number of nitrogens with one attached hydrogen (secondary N) is 3. The molecule has 0 radical (unpaired) electrons. The maximum absolute atomic E-state index is 12.0. The average molecular weight is 321 g/mol. The first-order valence-electron chi connectivity index (χ1n) is 7.74. The van der Waals surface area contributed by atoms with Crippen molar-refractivity contribution in [3.8, 4) is 0 Å². The standard InChI is InChI=1S/C17H27N3O3/c1-17(2,3)16(22)20-14-8-5-7-13(11-14)19-15(21)12-18-9-6-10-23-4/h5,7-8,11,18H,6,9-10,12H2,1-4H3,(H,19,21)(H,20,22). The molecule has 0 fully saturated rings. The first kappa shape index (κ1) is 19.1. The van der Waals surface area contributed by atoms with E-state index in [2.05, 4.69) is 16.0 Å². The Morgan fingerprint density at radius 1 is 1.13 bits per heavy atom. The van der Waals surface area contributed by atoms with Gasteiger partial charge in [0, 0.05) is 30.5 Å². The van der Waals surface area contributed by atoms with Crippen LogP contribution in [0.1, 0.15) is 27.2 Å². The first-order valence-corrected chi connectivity index (χ1v) is 7.74. The van der Waals surface area contributed by atoms with Crippen LogP contribution in [-0.2, 0) is 14.3 Å². The van der Waals surface area contributed by atoms with Crippen LogP contribution in [0.25, 0.3) is 0 Å². The third-order valence-electron chi connectivity index (χ3n) is 3.07. The van der Waals surface area contributed by atoms with Crippen LogP contribution in [0, 0.1) is 5.41 Å². The fourth-order valence-corrected chi connectivity index (χ4v) is 1.74. The SMILES string of the molecule is COCCCNCC(=O)Nc1cccc(NC(=O)C(C)(C)C)c1. The molecular formula is C17H27N3O3. The van der Waals surface area contributed by atoms with Gasteiger partial charge in [-0.2, -0.15) is 0 Å². The number of ether oxygens (including phenoxy) is 1. The Morgan fingerprint density at radius 2 is 1.78 bits per heavy atom. The molecule has 3 N–H and O–H groups in total. The van der Waals surface area contributed by atoms with Crippen LogP contribution in [0.5, 0.6) is 0 Å². The molecule has 6 nitrogen and oxygen atoms in total. The van der Waals surface area contributed by atoms with Gasteiger partial charge in [-0.1, -0.05) is 26.8 Å². The molecule has 1 rings (SSSR count). The predicted octanol–water partition coefficient (Wildman–Crippen LogP) is 2.24. The number of rotatable bonds is 8. The molecule has 0 saturated heterocycles. The molecule has 0 aliphatic carbocycles. The lowest BCUT2D eigenvalue weighted by atomic mass is 9.95. The monoisotopic (exact) mass is 321 g/mol. The maximum atomic E-state index is 12.0. The molecule has 0 unspecified atom stereocenters. The summed E-state index contributed by atoms with van der Waals surface area (Å²) in [5.41, 5.74) is 0.849. The highest BCUT2D eigenvalue weighted by Gasteiger charge is 2.21. The van der Waals surface area contributed by atoms with E-state index < -0.39 is 5.41 Å². The fraction of sp³-hybridized carbons (Fsp3) is 0.529. The van der Waals surface area contributed by atoms with Crippen molar-refractivity contribution in [3.05, 3.63) is 24.3 Å². The molecule has 6 heteroatoms. The van der Waals surface area contributed by atoms with Crippen LogP contribution in [0.15, 0.2) is 24.3 Å². The van der Waals surface area contributed by atoms with Crippen molar-refractivity contribution in [2.75, 3.05) is 37.4 Å². The molecule has 0 bridgehead atoms. The number of hydrogen-bond donors (Lipinski definition) is 3. The summed E-state index contributed by atoms with van der Waals surface area (Å²) in [6, 6.07) is 7.12. The summed E-state index contributed by atoms with van der Waals surface area (Å²) in [6.07, 6.45) is 0.859. The smallest absolute Gasteiger partial charge is 0.238 e. The Kier molecular flexibility index (Phi) is 7.71. The second kappa shape index (κ2) is 9.27. The van der Waals surface area contributed by atoms with Gasteiger partial charge in [0.05, 0.1) is 6.54 Å². The zero-order chi connectivity index (χ0) is 17.3. The summed E-state index contributed by atoms with van der Waals surface area (Å²) in [4.78, 5) is 23.8. The summed E-state index contributed by atoms with van der Waals surface area (Å²) in [6.45, 7) is 7.19. The second-order valence-electron chi connectivity index (χ2n) is 6.36. The highest BCUT2D eigenvalue weighted by Crippen LogP contribution is 2.19. The van der Waals surface area contributed by atoms with E-state index in [0.29, 0.717) is 18.0 Å². The van der Waals surface area contributed by atoms with E-state index >= 15 is 0 Å². The molecule has 128 valence electrons. The van der Waals surface area contributed by atoms with Gasteiger partial charge in [0.2, 0.25) is 11.8 Å². The maximum Gasteiger partial charge on any atom is 0.238 e. The molecule has 0 spiro atoms. The van der Waals surface area contributed by atoms with E-state index in [-0.39, 0.29) is 18.4 Å². The van der Waals surface area contributed by atoms with Gasteiger partial charge in [0.1, 0.15) is 0 Å². The highest BCUT2D eigenvalue weighted by atomic mass is 16.5. The van der Waals surface area contributed by atoms with E-state index in [1.165, 1.54) is 0 Å². The molecule has 0 aliphatic heterocycles. The lowest BCUT2D eigenvalue weighted by Crippen LogP contribution is -2.29. The summed E-state index contributed by atoms with van der Waals surface area (Å²) in [7, 11) is 1.65. The minimum absolute atomic E-state index is 0.0687. The number of methoxy groups -OCH3 is 1. The van der Waals surface area contributed by atoms with Crippen LogP contribution in [0.4, 0.5) is 11.4 Å². The van der Waals surface area contributed by atoms with Gasteiger partial charge in [-0.3, -0.25) is 9.59 Å². The Labute approximate surface area is 138 Å². The van der Waals surface area contributed by atoms with E-state index in [0.717, 1.165) is 13.0 Å². The van der Waals surface area contributed by atoms with Gasteiger partial charge in [-0.25, -0.2) is 0 Å². The van der Waals surface area contributed by atoms with Crippen LogP contribution in [0.3, 0.4) is 0 Å². The predicted molar refractivity (Wildman–Crippen MR) is 92.5 cm³/mol. The minimum atomic E-state index is -0.467. The molecular weight excluding hydrogens is 294 g/mol. The number of hydrogen-bond acceptors (Lipinski definition) is 4. The van der Waals surface area contributed by atoms with Crippen molar-refractivity contribution in [1.29, 1.82) is 0 Å². The normalized spacial score (nSPS) is 11.1. The van der Waals surface area contributed by atoms with Gasteiger partial charge in [-0.15, -0.1) is 0 Å². The topological polar surface area (TPSA) is 79.5 Å². The Bertz CT molecular complexity index is 524. The van der Waals surface area contributed by atoms with Crippen molar-refractivity contribution in [2.24, 2.45) is 5.41 Å². The van der Waals surface area contributed by atoms with Crippen LogP contribution in [0.2, 0.25) is 0 Å². The molecule has 0 aromatic heterocycles.